The molecule has 7 rings (SSSR count). The lowest BCUT2D eigenvalue weighted by Gasteiger charge is -2.41. The lowest BCUT2D eigenvalue weighted by atomic mass is 9.66. The summed E-state index contributed by atoms with van der Waals surface area (Å²) in [6.07, 6.45) is 9.55. The molecule has 34 heavy (non-hydrogen) atoms. The van der Waals surface area contributed by atoms with Crippen LogP contribution < -0.4 is 0 Å². The number of esters is 2. The molecular formula is C26H30O8. The van der Waals surface area contributed by atoms with E-state index in [-0.39, 0.29) is 35.3 Å². The highest BCUT2D eigenvalue weighted by molar-refractivity contribution is 5.87. The normalized spacial score (nSPS) is 51.8. The zero-order valence-electron chi connectivity index (χ0n) is 19.9. The summed E-state index contributed by atoms with van der Waals surface area (Å²) in [6.45, 7) is 5.95. The smallest absolute Gasteiger partial charge is 0.331 e. The largest absolute Gasteiger partial charge is 0.472 e. The molecule has 2 aliphatic carbocycles. The molecule has 0 aromatic carbocycles. The van der Waals surface area contributed by atoms with Crippen LogP contribution in [0, 0.1) is 22.7 Å². The van der Waals surface area contributed by atoms with Crippen molar-refractivity contribution >= 4 is 11.9 Å². The molecule has 5 fully saturated rings. The number of fused-ring (bicyclic) bond motifs is 1. The molecule has 1 spiro atoms. The molecule has 0 bridgehead atoms. The van der Waals surface area contributed by atoms with Gasteiger partial charge in [-0.1, -0.05) is 0 Å². The monoisotopic (exact) mass is 470 g/mol. The Labute approximate surface area is 197 Å². The van der Waals surface area contributed by atoms with Gasteiger partial charge in [0.05, 0.1) is 23.5 Å². The number of hydrogen-bond donors (Lipinski definition) is 0. The molecule has 1 aromatic rings. The van der Waals surface area contributed by atoms with Crippen molar-refractivity contribution < 1.29 is 37.7 Å². The van der Waals surface area contributed by atoms with Gasteiger partial charge < -0.3 is 28.1 Å². The maximum atomic E-state index is 13.5. The van der Waals surface area contributed by atoms with Gasteiger partial charge in [-0.25, -0.2) is 4.79 Å². The van der Waals surface area contributed by atoms with Crippen LogP contribution in [0.2, 0.25) is 0 Å². The third-order valence-corrected chi connectivity index (χ3v) is 9.93. The number of ether oxygens (including phenoxy) is 5. The Bertz CT molecular complexity index is 1120. The van der Waals surface area contributed by atoms with Crippen LogP contribution in [0.3, 0.4) is 0 Å². The first-order chi connectivity index (χ1) is 16.0. The molecule has 182 valence electrons. The summed E-state index contributed by atoms with van der Waals surface area (Å²) in [5.41, 5.74) is -1.39. The van der Waals surface area contributed by atoms with Crippen LogP contribution in [0.1, 0.15) is 64.5 Å². The highest BCUT2D eigenvalue weighted by Gasteiger charge is 2.90. The fraction of sp³-hybridized carbons (Fsp3) is 0.692. The minimum absolute atomic E-state index is 0.118. The first-order valence-corrected chi connectivity index (χ1v) is 12.1. The van der Waals surface area contributed by atoms with E-state index in [4.69, 9.17) is 28.1 Å². The number of furan rings is 1. The molecule has 0 radical (unpaired) electrons. The van der Waals surface area contributed by atoms with E-state index in [2.05, 4.69) is 0 Å². The van der Waals surface area contributed by atoms with Crippen molar-refractivity contribution in [3.05, 3.63) is 36.3 Å². The number of cyclic esters (lactones) is 2. The third-order valence-electron chi connectivity index (χ3n) is 9.93. The Morgan fingerprint density at radius 1 is 1.06 bits per heavy atom. The van der Waals surface area contributed by atoms with Crippen molar-refractivity contribution in [2.75, 3.05) is 7.11 Å². The van der Waals surface area contributed by atoms with Crippen LogP contribution in [0.5, 0.6) is 0 Å². The Morgan fingerprint density at radius 3 is 2.53 bits per heavy atom. The van der Waals surface area contributed by atoms with Gasteiger partial charge in [0.25, 0.3) is 0 Å². The molecule has 0 unspecified atom stereocenters. The van der Waals surface area contributed by atoms with Crippen LogP contribution in [-0.2, 0) is 33.3 Å². The van der Waals surface area contributed by atoms with Gasteiger partial charge in [-0.2, -0.15) is 0 Å². The number of carbonyl (C=O) groups excluding carboxylic acids is 2. The van der Waals surface area contributed by atoms with Gasteiger partial charge in [-0.05, 0) is 45.8 Å². The second-order valence-corrected chi connectivity index (χ2v) is 11.8. The highest BCUT2D eigenvalue weighted by atomic mass is 16.8. The summed E-state index contributed by atoms with van der Waals surface area (Å²) in [6, 6.07) is 1.89. The van der Waals surface area contributed by atoms with Gasteiger partial charge in [0.2, 0.25) is 0 Å². The topological polar surface area (TPSA) is 93.4 Å². The number of carbonyl (C=O) groups is 2. The van der Waals surface area contributed by atoms with Crippen molar-refractivity contribution in [2.24, 2.45) is 22.7 Å². The van der Waals surface area contributed by atoms with Crippen molar-refractivity contribution in [2.45, 2.75) is 81.8 Å². The second-order valence-electron chi connectivity index (χ2n) is 11.8. The van der Waals surface area contributed by atoms with Crippen molar-refractivity contribution in [3.8, 4) is 0 Å². The van der Waals surface area contributed by atoms with Gasteiger partial charge in [-0.15, -0.1) is 0 Å². The zero-order valence-corrected chi connectivity index (χ0v) is 19.9. The number of rotatable bonds is 3. The summed E-state index contributed by atoms with van der Waals surface area (Å²) in [5, 5.41) is 0. The first kappa shape index (κ1) is 21.1. The average Bonchev–Trinajstić information content (AvgIpc) is 3.29. The predicted molar refractivity (Wildman–Crippen MR) is 115 cm³/mol. The highest BCUT2D eigenvalue weighted by Crippen LogP contribution is 2.86. The average molecular weight is 471 g/mol. The van der Waals surface area contributed by atoms with Crippen LogP contribution >= 0.6 is 0 Å². The lowest BCUT2D eigenvalue weighted by molar-refractivity contribution is -0.330. The molecule has 5 heterocycles. The van der Waals surface area contributed by atoms with E-state index < -0.39 is 28.2 Å². The summed E-state index contributed by atoms with van der Waals surface area (Å²) in [4.78, 5) is 25.4. The van der Waals surface area contributed by atoms with Gasteiger partial charge in [0.1, 0.15) is 11.7 Å². The molecule has 0 amide bonds. The minimum Gasteiger partial charge on any atom is -0.472 e. The molecule has 8 heteroatoms. The molecule has 1 aromatic heterocycles. The van der Waals surface area contributed by atoms with Gasteiger partial charge in [0.15, 0.2) is 11.6 Å². The SMILES string of the molecule is CO[C@@]12CC[C@]34C[C@]3(C(=O)O[C@@H]4c3ccoc3)[C@@H]1C[C@@]1(C[C@H]([C@]3(C)C=CC(=O)O3)C(C)(C)O1)O2. The van der Waals surface area contributed by atoms with E-state index in [1.807, 2.05) is 32.9 Å². The molecule has 2 saturated carbocycles. The van der Waals surface area contributed by atoms with E-state index in [9.17, 15) is 9.59 Å². The minimum atomic E-state index is -0.928. The Hall–Kier alpha value is -2.16. The van der Waals surface area contributed by atoms with Gasteiger partial charge in [-0.3, -0.25) is 4.79 Å². The first-order valence-electron chi connectivity index (χ1n) is 12.1. The zero-order chi connectivity index (χ0) is 23.8. The molecule has 6 aliphatic rings. The molecule has 8 nitrogen and oxygen atoms in total. The number of methoxy groups -OCH3 is 1. The Morgan fingerprint density at radius 2 is 1.85 bits per heavy atom. The maximum absolute atomic E-state index is 13.5. The number of hydrogen-bond acceptors (Lipinski definition) is 8. The van der Waals surface area contributed by atoms with Crippen molar-refractivity contribution in [1.29, 1.82) is 0 Å². The van der Waals surface area contributed by atoms with E-state index in [0.29, 0.717) is 19.3 Å². The van der Waals surface area contributed by atoms with Crippen LogP contribution in [0.4, 0.5) is 0 Å². The van der Waals surface area contributed by atoms with Crippen molar-refractivity contribution in [1.82, 2.24) is 0 Å². The lowest BCUT2D eigenvalue weighted by Crippen LogP contribution is -2.49. The fourth-order valence-electron chi connectivity index (χ4n) is 8.53. The third kappa shape index (κ3) is 2.26. The summed E-state index contributed by atoms with van der Waals surface area (Å²) in [7, 11) is 1.66. The van der Waals surface area contributed by atoms with Gasteiger partial charge in [0, 0.05) is 55.3 Å². The van der Waals surface area contributed by atoms with Crippen LogP contribution in [0.15, 0.2) is 35.2 Å². The van der Waals surface area contributed by atoms with Crippen molar-refractivity contribution in [3.63, 3.8) is 0 Å². The fourth-order valence-corrected chi connectivity index (χ4v) is 8.53. The van der Waals surface area contributed by atoms with Gasteiger partial charge >= 0.3 is 11.9 Å². The van der Waals surface area contributed by atoms with E-state index in [0.717, 1.165) is 18.4 Å². The molecule has 3 saturated heterocycles. The maximum Gasteiger partial charge on any atom is 0.331 e. The predicted octanol–water partition coefficient (Wildman–Crippen LogP) is 3.81. The molecule has 8 atom stereocenters. The summed E-state index contributed by atoms with van der Waals surface area (Å²) >= 11 is 0. The molecular weight excluding hydrogens is 440 g/mol. The van der Waals surface area contributed by atoms with E-state index >= 15 is 0 Å². The van der Waals surface area contributed by atoms with E-state index in [1.54, 1.807) is 19.6 Å². The molecule has 0 N–H and O–H groups in total. The summed E-state index contributed by atoms with van der Waals surface area (Å²) in [5.74, 6) is -2.66. The van der Waals surface area contributed by atoms with E-state index in [1.165, 1.54) is 6.08 Å². The molecule has 4 aliphatic heterocycles. The second kappa shape index (κ2) is 5.97. The summed E-state index contributed by atoms with van der Waals surface area (Å²) < 4.78 is 36.6. The van der Waals surface area contributed by atoms with Crippen LogP contribution in [0.25, 0.3) is 0 Å². The Balaban J connectivity index is 1.25. The van der Waals surface area contributed by atoms with Crippen LogP contribution in [-0.4, -0.2) is 41.8 Å². The quantitative estimate of drug-likeness (QED) is 0.616. The standard InChI is InChI=1S/C26H30O8/c1-21(2)16(22(3)7-5-18(27)32-22)11-24(33-21)12-17-25-14-23(25,8-9-26(17,29-4)34-24)19(31-20(25)28)15-6-10-30-13-15/h5-7,10,13,16-17,19H,8-9,11-12,14H2,1-4H3/t16-,17-,19+,22-,23+,24+,25+,26+/m0/s1. The Kier molecular flexibility index (Phi) is 3.71.